The number of carbonyl (C=O) groups excluding carboxylic acids is 1. The molecule has 3 aromatic rings. The Kier molecular flexibility index (Phi) is 6.90. The number of rotatable bonds is 9. The minimum atomic E-state index is -0.137. The van der Waals surface area contributed by atoms with E-state index < -0.39 is 0 Å². The van der Waals surface area contributed by atoms with E-state index in [0.717, 1.165) is 22.7 Å². The molecule has 0 aliphatic carbocycles. The van der Waals surface area contributed by atoms with Gasteiger partial charge in [0.1, 0.15) is 18.1 Å². The van der Waals surface area contributed by atoms with E-state index in [1.54, 1.807) is 0 Å². The van der Waals surface area contributed by atoms with Gasteiger partial charge in [0.15, 0.2) is 0 Å². The number of amides is 1. The summed E-state index contributed by atoms with van der Waals surface area (Å²) in [5.41, 5.74) is 2.59. The van der Waals surface area contributed by atoms with Crippen molar-refractivity contribution in [2.24, 2.45) is 0 Å². The molecule has 0 bridgehead atoms. The molecule has 0 radical (unpaired) electrons. The van der Waals surface area contributed by atoms with Gasteiger partial charge >= 0.3 is 0 Å². The molecule has 0 spiro atoms. The van der Waals surface area contributed by atoms with E-state index in [4.69, 9.17) is 9.47 Å². The van der Waals surface area contributed by atoms with Crippen LogP contribution in [0.15, 0.2) is 78.9 Å². The second kappa shape index (κ2) is 10.0. The van der Waals surface area contributed by atoms with Crippen molar-refractivity contribution < 1.29 is 14.3 Å². The standard InChI is InChI=1S/C23H24N2O3/c1-2-27-20-14-12-19(13-15-20)25-23(26)16-24-21-10-6-7-11-22(21)28-17-18-8-4-3-5-9-18/h3-15,24H,2,16-17H2,1H3,(H,25,26). The van der Waals surface area contributed by atoms with Crippen molar-refractivity contribution in [2.75, 3.05) is 23.8 Å². The molecule has 0 aromatic heterocycles. The van der Waals surface area contributed by atoms with Gasteiger partial charge in [0, 0.05) is 5.69 Å². The van der Waals surface area contributed by atoms with E-state index in [1.807, 2.05) is 85.8 Å². The molecular weight excluding hydrogens is 352 g/mol. The van der Waals surface area contributed by atoms with Crippen LogP contribution in [0.2, 0.25) is 0 Å². The molecule has 5 nitrogen and oxygen atoms in total. The molecule has 144 valence electrons. The van der Waals surface area contributed by atoms with Crippen LogP contribution >= 0.6 is 0 Å². The van der Waals surface area contributed by atoms with Gasteiger partial charge in [-0.2, -0.15) is 0 Å². The SMILES string of the molecule is CCOc1ccc(NC(=O)CNc2ccccc2OCc2ccccc2)cc1. The number of benzene rings is 3. The maximum absolute atomic E-state index is 12.2. The molecule has 0 unspecified atom stereocenters. The lowest BCUT2D eigenvalue weighted by Gasteiger charge is -2.13. The Morgan fingerprint density at radius 3 is 2.32 bits per heavy atom. The minimum Gasteiger partial charge on any atom is -0.494 e. The number of hydrogen-bond acceptors (Lipinski definition) is 4. The van der Waals surface area contributed by atoms with Gasteiger partial charge < -0.3 is 20.1 Å². The van der Waals surface area contributed by atoms with Crippen LogP contribution in [0, 0.1) is 0 Å². The first-order chi connectivity index (χ1) is 13.7. The van der Waals surface area contributed by atoms with Gasteiger partial charge in [-0.3, -0.25) is 4.79 Å². The third-order valence-electron chi connectivity index (χ3n) is 4.01. The molecule has 3 aromatic carbocycles. The predicted molar refractivity (Wildman–Crippen MR) is 112 cm³/mol. The molecule has 0 heterocycles. The Bertz CT molecular complexity index is 880. The minimum absolute atomic E-state index is 0.137. The second-order valence-corrected chi connectivity index (χ2v) is 6.13. The first-order valence-electron chi connectivity index (χ1n) is 9.27. The van der Waals surface area contributed by atoms with E-state index in [2.05, 4.69) is 10.6 Å². The molecule has 28 heavy (non-hydrogen) atoms. The molecule has 0 saturated heterocycles. The van der Waals surface area contributed by atoms with Crippen molar-refractivity contribution in [1.29, 1.82) is 0 Å². The Hall–Kier alpha value is -3.47. The molecule has 1 amide bonds. The molecule has 0 atom stereocenters. The summed E-state index contributed by atoms with van der Waals surface area (Å²) in [6, 6.07) is 24.9. The molecule has 0 saturated carbocycles. The van der Waals surface area contributed by atoms with Crippen LogP contribution < -0.4 is 20.1 Å². The summed E-state index contributed by atoms with van der Waals surface area (Å²) < 4.78 is 11.3. The Morgan fingerprint density at radius 1 is 0.857 bits per heavy atom. The number of para-hydroxylation sites is 2. The van der Waals surface area contributed by atoms with Crippen molar-refractivity contribution in [2.45, 2.75) is 13.5 Å². The number of nitrogens with one attached hydrogen (secondary N) is 2. The summed E-state index contributed by atoms with van der Waals surface area (Å²) in [4.78, 5) is 12.2. The quantitative estimate of drug-likeness (QED) is 0.568. The fourth-order valence-electron chi connectivity index (χ4n) is 2.66. The topological polar surface area (TPSA) is 59.6 Å². The third kappa shape index (κ3) is 5.77. The Labute approximate surface area is 165 Å². The highest BCUT2D eigenvalue weighted by Gasteiger charge is 2.07. The number of carbonyl (C=O) groups is 1. The largest absolute Gasteiger partial charge is 0.494 e. The molecule has 0 fully saturated rings. The molecule has 3 rings (SSSR count). The summed E-state index contributed by atoms with van der Waals surface area (Å²) in [6.07, 6.45) is 0. The maximum atomic E-state index is 12.2. The van der Waals surface area contributed by atoms with Gasteiger partial charge in [0.2, 0.25) is 5.91 Å². The van der Waals surface area contributed by atoms with Crippen LogP contribution in [-0.4, -0.2) is 19.1 Å². The van der Waals surface area contributed by atoms with Crippen molar-refractivity contribution in [3.63, 3.8) is 0 Å². The van der Waals surface area contributed by atoms with Crippen LogP contribution in [0.4, 0.5) is 11.4 Å². The highest BCUT2D eigenvalue weighted by molar-refractivity contribution is 5.94. The molecule has 5 heteroatoms. The monoisotopic (exact) mass is 376 g/mol. The summed E-state index contributed by atoms with van der Waals surface area (Å²) in [6.45, 7) is 3.15. The zero-order chi connectivity index (χ0) is 19.6. The first-order valence-corrected chi connectivity index (χ1v) is 9.27. The average Bonchev–Trinajstić information content (AvgIpc) is 2.74. The van der Waals surface area contributed by atoms with Gasteiger partial charge in [0.25, 0.3) is 0 Å². The third-order valence-corrected chi connectivity index (χ3v) is 4.01. The van der Waals surface area contributed by atoms with Gasteiger partial charge in [0.05, 0.1) is 18.8 Å². The summed E-state index contributed by atoms with van der Waals surface area (Å²) >= 11 is 0. The highest BCUT2D eigenvalue weighted by atomic mass is 16.5. The maximum Gasteiger partial charge on any atom is 0.243 e. The Balaban J connectivity index is 1.53. The second-order valence-electron chi connectivity index (χ2n) is 6.13. The molecule has 2 N–H and O–H groups in total. The molecule has 0 aliphatic heterocycles. The lowest BCUT2D eigenvalue weighted by atomic mass is 10.2. The van der Waals surface area contributed by atoms with E-state index in [9.17, 15) is 4.79 Å². The summed E-state index contributed by atoms with van der Waals surface area (Å²) in [5.74, 6) is 1.35. The number of ether oxygens (including phenoxy) is 2. The van der Waals surface area contributed by atoms with E-state index >= 15 is 0 Å². The van der Waals surface area contributed by atoms with Gasteiger partial charge in [-0.15, -0.1) is 0 Å². The smallest absolute Gasteiger partial charge is 0.243 e. The van der Waals surface area contributed by atoms with Crippen LogP contribution in [0.25, 0.3) is 0 Å². The first kappa shape index (κ1) is 19.3. The van der Waals surface area contributed by atoms with E-state index in [1.165, 1.54) is 0 Å². The number of anilines is 2. The lowest BCUT2D eigenvalue weighted by Crippen LogP contribution is -2.22. The van der Waals surface area contributed by atoms with Crippen LogP contribution in [0.1, 0.15) is 12.5 Å². The van der Waals surface area contributed by atoms with Crippen LogP contribution in [0.3, 0.4) is 0 Å². The molecular formula is C23H24N2O3. The van der Waals surface area contributed by atoms with Crippen molar-refractivity contribution in [3.8, 4) is 11.5 Å². The predicted octanol–water partition coefficient (Wildman–Crippen LogP) is 4.71. The summed E-state index contributed by atoms with van der Waals surface area (Å²) in [7, 11) is 0. The van der Waals surface area contributed by atoms with Crippen molar-refractivity contribution in [3.05, 3.63) is 84.4 Å². The normalized spacial score (nSPS) is 10.2. The summed E-state index contributed by atoms with van der Waals surface area (Å²) in [5, 5.41) is 6.00. The van der Waals surface area contributed by atoms with Crippen LogP contribution in [0.5, 0.6) is 11.5 Å². The molecule has 0 aliphatic rings. The average molecular weight is 376 g/mol. The zero-order valence-electron chi connectivity index (χ0n) is 15.9. The lowest BCUT2D eigenvalue weighted by molar-refractivity contribution is -0.114. The zero-order valence-corrected chi connectivity index (χ0v) is 15.9. The fraction of sp³-hybridized carbons (Fsp3) is 0.174. The fourth-order valence-corrected chi connectivity index (χ4v) is 2.66. The van der Waals surface area contributed by atoms with Gasteiger partial charge in [-0.25, -0.2) is 0 Å². The van der Waals surface area contributed by atoms with Gasteiger partial charge in [-0.1, -0.05) is 42.5 Å². The van der Waals surface area contributed by atoms with E-state index in [-0.39, 0.29) is 12.5 Å². The van der Waals surface area contributed by atoms with Crippen molar-refractivity contribution in [1.82, 2.24) is 0 Å². The van der Waals surface area contributed by atoms with E-state index in [0.29, 0.717) is 19.0 Å². The highest BCUT2D eigenvalue weighted by Crippen LogP contribution is 2.24. The number of hydrogen-bond donors (Lipinski definition) is 2. The van der Waals surface area contributed by atoms with Crippen LogP contribution in [-0.2, 0) is 11.4 Å². The van der Waals surface area contributed by atoms with Gasteiger partial charge in [-0.05, 0) is 48.9 Å². The Morgan fingerprint density at radius 2 is 1.57 bits per heavy atom. The van der Waals surface area contributed by atoms with Crippen molar-refractivity contribution >= 4 is 17.3 Å².